The summed E-state index contributed by atoms with van der Waals surface area (Å²) in [7, 11) is 0. The van der Waals surface area contributed by atoms with Gasteiger partial charge in [-0.3, -0.25) is 5.10 Å². The zero-order valence-corrected chi connectivity index (χ0v) is 17.0. The Balaban J connectivity index is 1.53. The molecule has 30 heavy (non-hydrogen) atoms. The first-order chi connectivity index (χ1) is 14.6. The zero-order valence-electron chi connectivity index (χ0n) is 16.1. The molecule has 0 radical (unpaired) electrons. The molecule has 0 saturated heterocycles. The van der Waals surface area contributed by atoms with E-state index < -0.39 is 5.92 Å². The predicted molar refractivity (Wildman–Crippen MR) is 111 cm³/mol. The van der Waals surface area contributed by atoms with Crippen LogP contribution in [0.5, 0.6) is 17.4 Å². The fraction of sp³-hybridized carbons (Fsp3) is 0.182. The van der Waals surface area contributed by atoms with Crippen LogP contribution in [0.3, 0.4) is 0 Å². The van der Waals surface area contributed by atoms with Gasteiger partial charge in [-0.05, 0) is 36.8 Å². The second-order valence-electron chi connectivity index (χ2n) is 7.06. The molecule has 0 saturated carbocycles. The number of hydrogen-bond donors (Lipinski definition) is 2. The Morgan fingerprint density at radius 1 is 1.20 bits per heavy atom. The lowest BCUT2D eigenvalue weighted by atomic mass is 9.84. The van der Waals surface area contributed by atoms with Gasteiger partial charge in [-0.15, -0.1) is 16.9 Å². The zero-order chi connectivity index (χ0) is 20.7. The number of aryl methyl sites for hydroxylation is 1. The summed E-state index contributed by atoms with van der Waals surface area (Å²) in [5.41, 5.74) is 10.2. The highest BCUT2D eigenvalue weighted by atomic mass is 32.2. The van der Waals surface area contributed by atoms with Crippen LogP contribution in [0.2, 0.25) is 0 Å². The van der Waals surface area contributed by atoms with Crippen LogP contribution < -0.4 is 19.9 Å². The number of fused-ring (bicyclic) bond motifs is 2. The molecule has 1 unspecified atom stereocenters. The van der Waals surface area contributed by atoms with Crippen molar-refractivity contribution in [3.8, 4) is 23.4 Å². The normalized spacial score (nSPS) is 16.7. The number of hydrogen-bond acceptors (Lipinski definition) is 7. The van der Waals surface area contributed by atoms with Crippen LogP contribution >= 0.6 is 11.8 Å². The van der Waals surface area contributed by atoms with Gasteiger partial charge in [0.1, 0.15) is 11.6 Å². The minimum Gasteiger partial charge on any atom is -0.454 e. The maximum Gasteiger partial charge on any atom is 0.244 e. The van der Waals surface area contributed by atoms with E-state index in [1.165, 1.54) is 5.56 Å². The molecule has 8 heteroatoms. The number of allylic oxidation sites excluding steroid dienone is 1. The SMILES string of the molecule is Cc1ccc(SCc2[nH]nc3c2C(c2ccc4c(c2)OCO4)C(C#N)=C(N)O3)cc1. The van der Waals surface area contributed by atoms with Crippen LogP contribution in [0.1, 0.15) is 28.3 Å². The minimum atomic E-state index is -0.402. The molecule has 2 aliphatic heterocycles. The summed E-state index contributed by atoms with van der Waals surface area (Å²) in [6.45, 7) is 2.25. The summed E-state index contributed by atoms with van der Waals surface area (Å²) in [5, 5.41) is 17.2. The maximum atomic E-state index is 9.81. The molecule has 2 aliphatic rings. The summed E-state index contributed by atoms with van der Waals surface area (Å²) in [4.78, 5) is 1.15. The Morgan fingerprint density at radius 2 is 2.00 bits per heavy atom. The molecule has 0 spiro atoms. The summed E-state index contributed by atoms with van der Waals surface area (Å²) in [6.07, 6.45) is 0. The largest absolute Gasteiger partial charge is 0.454 e. The number of aromatic amines is 1. The number of aromatic nitrogens is 2. The number of nitrogens with two attached hydrogens (primary N) is 1. The van der Waals surface area contributed by atoms with E-state index in [0.29, 0.717) is 28.7 Å². The van der Waals surface area contributed by atoms with Crippen molar-refractivity contribution >= 4 is 11.8 Å². The fourth-order valence-corrected chi connectivity index (χ4v) is 4.49. The molecule has 150 valence electrons. The first kappa shape index (κ1) is 18.5. The standard InChI is InChI=1S/C22H18N4O3S/c1-12-2-5-14(6-3-12)30-10-16-20-19(13-4-7-17-18(8-13)28-11-27-17)15(9-23)21(24)29-22(20)26-25-16/h2-8,19H,10-11,24H2,1H3,(H,25,26). The monoisotopic (exact) mass is 418 g/mol. The molecule has 0 bridgehead atoms. The number of ether oxygens (including phenoxy) is 3. The van der Waals surface area contributed by atoms with Crippen molar-refractivity contribution in [2.45, 2.75) is 23.5 Å². The van der Waals surface area contributed by atoms with Crippen LogP contribution in [0.4, 0.5) is 0 Å². The van der Waals surface area contributed by atoms with E-state index in [1.54, 1.807) is 11.8 Å². The highest BCUT2D eigenvalue weighted by Crippen LogP contribution is 2.46. The van der Waals surface area contributed by atoms with Gasteiger partial charge in [0.05, 0.1) is 17.2 Å². The third-order valence-electron chi connectivity index (χ3n) is 5.15. The average molecular weight is 418 g/mol. The van der Waals surface area contributed by atoms with Crippen molar-refractivity contribution in [2.24, 2.45) is 5.73 Å². The van der Waals surface area contributed by atoms with E-state index in [-0.39, 0.29) is 12.7 Å². The average Bonchev–Trinajstić information content (AvgIpc) is 3.38. The Morgan fingerprint density at radius 3 is 2.80 bits per heavy atom. The summed E-state index contributed by atoms with van der Waals surface area (Å²) >= 11 is 1.68. The third kappa shape index (κ3) is 3.13. The van der Waals surface area contributed by atoms with Crippen molar-refractivity contribution in [1.29, 1.82) is 5.26 Å². The highest BCUT2D eigenvalue weighted by molar-refractivity contribution is 7.98. The number of H-pyrrole nitrogens is 1. The molecular weight excluding hydrogens is 400 g/mol. The van der Waals surface area contributed by atoms with Gasteiger partial charge >= 0.3 is 0 Å². The van der Waals surface area contributed by atoms with Gasteiger partial charge in [-0.2, -0.15) is 5.26 Å². The molecule has 0 fully saturated rings. The lowest BCUT2D eigenvalue weighted by Gasteiger charge is -2.24. The minimum absolute atomic E-state index is 0.0666. The Bertz CT molecular complexity index is 1190. The molecule has 1 atom stereocenters. The molecule has 0 amide bonds. The van der Waals surface area contributed by atoms with Crippen LogP contribution in [-0.2, 0) is 5.75 Å². The lowest BCUT2D eigenvalue weighted by molar-refractivity contribution is 0.174. The highest BCUT2D eigenvalue weighted by Gasteiger charge is 2.35. The first-order valence-electron chi connectivity index (χ1n) is 9.38. The van der Waals surface area contributed by atoms with E-state index in [9.17, 15) is 5.26 Å². The van der Waals surface area contributed by atoms with Gasteiger partial charge in [-0.25, -0.2) is 0 Å². The van der Waals surface area contributed by atoms with Gasteiger partial charge in [0.15, 0.2) is 11.5 Å². The number of nitrogens with one attached hydrogen (secondary N) is 1. The smallest absolute Gasteiger partial charge is 0.244 e. The number of nitrogens with zero attached hydrogens (tertiary/aromatic N) is 2. The van der Waals surface area contributed by atoms with Crippen LogP contribution in [0.15, 0.2) is 58.8 Å². The Hall–Kier alpha value is -3.57. The van der Waals surface area contributed by atoms with Crippen molar-refractivity contribution in [3.63, 3.8) is 0 Å². The predicted octanol–water partition coefficient (Wildman–Crippen LogP) is 3.96. The van der Waals surface area contributed by atoms with Crippen molar-refractivity contribution in [3.05, 3.63) is 76.3 Å². The molecular formula is C22H18N4O3S. The van der Waals surface area contributed by atoms with E-state index >= 15 is 0 Å². The second-order valence-corrected chi connectivity index (χ2v) is 8.11. The molecule has 1 aromatic heterocycles. The van der Waals surface area contributed by atoms with Gasteiger partial charge in [0, 0.05) is 10.6 Å². The van der Waals surface area contributed by atoms with E-state index in [4.69, 9.17) is 19.9 Å². The van der Waals surface area contributed by atoms with E-state index in [2.05, 4.69) is 47.5 Å². The van der Waals surface area contributed by atoms with Crippen LogP contribution in [-0.4, -0.2) is 17.0 Å². The van der Waals surface area contributed by atoms with Crippen molar-refractivity contribution in [2.75, 3.05) is 6.79 Å². The molecule has 0 aliphatic carbocycles. The van der Waals surface area contributed by atoms with E-state index in [1.807, 2.05) is 18.2 Å². The number of thioether (sulfide) groups is 1. The van der Waals surface area contributed by atoms with Crippen LogP contribution in [0.25, 0.3) is 0 Å². The van der Waals surface area contributed by atoms with Gasteiger partial charge in [0.25, 0.3) is 0 Å². The molecule has 2 aromatic carbocycles. The molecule has 3 aromatic rings. The molecule has 3 N–H and O–H groups in total. The van der Waals surface area contributed by atoms with E-state index in [0.717, 1.165) is 21.7 Å². The van der Waals surface area contributed by atoms with Crippen molar-refractivity contribution < 1.29 is 14.2 Å². The quantitative estimate of drug-likeness (QED) is 0.618. The second kappa shape index (κ2) is 7.35. The number of rotatable bonds is 4. The topological polar surface area (TPSA) is 106 Å². The summed E-state index contributed by atoms with van der Waals surface area (Å²) < 4.78 is 16.6. The molecule has 5 rings (SSSR count). The van der Waals surface area contributed by atoms with Crippen LogP contribution in [0, 0.1) is 18.3 Å². The molecule has 7 nitrogen and oxygen atoms in total. The summed E-state index contributed by atoms with van der Waals surface area (Å²) in [6, 6.07) is 16.2. The van der Waals surface area contributed by atoms with Crippen molar-refractivity contribution in [1.82, 2.24) is 10.2 Å². The number of nitriles is 1. The first-order valence-corrected chi connectivity index (χ1v) is 10.4. The Kier molecular flexibility index (Phi) is 4.52. The number of benzene rings is 2. The molecule has 3 heterocycles. The van der Waals surface area contributed by atoms with Gasteiger partial charge in [-0.1, -0.05) is 23.8 Å². The fourth-order valence-electron chi connectivity index (χ4n) is 3.63. The maximum absolute atomic E-state index is 9.81. The Labute approximate surface area is 177 Å². The summed E-state index contributed by atoms with van der Waals surface area (Å²) in [5.74, 6) is 2.04. The van der Waals surface area contributed by atoms with Gasteiger partial charge < -0.3 is 19.9 Å². The third-order valence-corrected chi connectivity index (χ3v) is 6.19. The van der Waals surface area contributed by atoms with Gasteiger partial charge in [0.2, 0.25) is 18.6 Å². The lowest BCUT2D eigenvalue weighted by Crippen LogP contribution is -2.21.